The molecule has 5 heteroatoms. The predicted molar refractivity (Wildman–Crippen MR) is 104 cm³/mol. The quantitative estimate of drug-likeness (QED) is 0.772. The van der Waals surface area contributed by atoms with Crippen LogP contribution in [0, 0.1) is 0 Å². The highest BCUT2D eigenvalue weighted by molar-refractivity contribution is 5.90. The average molecular weight is 369 g/mol. The van der Waals surface area contributed by atoms with Crippen molar-refractivity contribution in [2.75, 3.05) is 0 Å². The van der Waals surface area contributed by atoms with Gasteiger partial charge in [-0.05, 0) is 63.1 Å². The SMILES string of the molecule is CC1(C)CC(OC(=O)c2ccc(-c3ccc(O)cc3)cc2)CC(C)(C)N1O. The van der Waals surface area contributed by atoms with Crippen molar-refractivity contribution in [3.8, 4) is 16.9 Å². The lowest BCUT2D eigenvalue weighted by atomic mass is 9.80. The molecular formula is C22H27NO4. The van der Waals surface area contributed by atoms with Crippen LogP contribution in [0.15, 0.2) is 48.5 Å². The molecule has 0 aliphatic carbocycles. The molecule has 3 rings (SSSR count). The number of esters is 1. The van der Waals surface area contributed by atoms with Crippen molar-refractivity contribution >= 4 is 5.97 Å². The maximum absolute atomic E-state index is 12.6. The molecule has 1 heterocycles. The standard InChI is InChI=1S/C22H27NO4/c1-21(2)13-19(14-22(3,4)23(21)26)27-20(25)17-7-5-15(6-8-17)16-9-11-18(24)12-10-16/h5-12,19,24,26H,13-14H2,1-4H3. The van der Waals surface area contributed by atoms with E-state index < -0.39 is 11.1 Å². The first-order valence-corrected chi connectivity index (χ1v) is 9.18. The average Bonchev–Trinajstić information content (AvgIpc) is 2.60. The molecule has 27 heavy (non-hydrogen) atoms. The van der Waals surface area contributed by atoms with Crippen LogP contribution in [0.25, 0.3) is 11.1 Å². The topological polar surface area (TPSA) is 70.0 Å². The minimum absolute atomic E-state index is 0.221. The van der Waals surface area contributed by atoms with E-state index >= 15 is 0 Å². The second-order valence-corrected chi connectivity index (χ2v) is 8.50. The summed E-state index contributed by atoms with van der Waals surface area (Å²) >= 11 is 0. The van der Waals surface area contributed by atoms with Gasteiger partial charge in [-0.3, -0.25) is 0 Å². The maximum Gasteiger partial charge on any atom is 0.338 e. The molecule has 1 aliphatic rings. The molecule has 0 atom stereocenters. The summed E-state index contributed by atoms with van der Waals surface area (Å²) in [6, 6.07) is 14.2. The second kappa shape index (κ2) is 6.98. The zero-order valence-electron chi connectivity index (χ0n) is 16.3. The van der Waals surface area contributed by atoms with Crippen LogP contribution in [0.1, 0.15) is 50.9 Å². The van der Waals surface area contributed by atoms with Crippen molar-refractivity contribution in [1.29, 1.82) is 0 Å². The highest BCUT2D eigenvalue weighted by Crippen LogP contribution is 2.38. The molecule has 1 aliphatic heterocycles. The fraction of sp³-hybridized carbons (Fsp3) is 0.409. The monoisotopic (exact) mass is 369 g/mol. The fourth-order valence-electron chi connectivity index (χ4n) is 3.93. The number of hydrogen-bond acceptors (Lipinski definition) is 5. The number of aromatic hydroxyl groups is 1. The van der Waals surface area contributed by atoms with E-state index in [1.807, 2.05) is 52.0 Å². The van der Waals surface area contributed by atoms with Gasteiger partial charge in [-0.15, -0.1) is 0 Å². The van der Waals surface area contributed by atoms with Gasteiger partial charge < -0.3 is 15.1 Å². The van der Waals surface area contributed by atoms with Crippen LogP contribution in [0.2, 0.25) is 0 Å². The first-order chi connectivity index (χ1) is 12.6. The molecular weight excluding hydrogens is 342 g/mol. The molecule has 1 fully saturated rings. The summed E-state index contributed by atoms with van der Waals surface area (Å²) in [6.07, 6.45) is 0.900. The third kappa shape index (κ3) is 4.15. The van der Waals surface area contributed by atoms with Gasteiger partial charge in [0.15, 0.2) is 0 Å². The minimum Gasteiger partial charge on any atom is -0.508 e. The highest BCUT2D eigenvalue weighted by atomic mass is 16.5. The molecule has 0 radical (unpaired) electrons. The van der Waals surface area contributed by atoms with Crippen molar-refractivity contribution in [2.45, 2.75) is 57.7 Å². The molecule has 0 unspecified atom stereocenters. The molecule has 0 aromatic heterocycles. The fourth-order valence-corrected chi connectivity index (χ4v) is 3.93. The number of hydroxylamine groups is 2. The zero-order valence-corrected chi connectivity index (χ0v) is 16.3. The molecule has 2 aromatic rings. The van der Waals surface area contributed by atoms with E-state index in [2.05, 4.69) is 0 Å². The number of carbonyl (C=O) groups is 1. The molecule has 0 spiro atoms. The summed E-state index contributed by atoms with van der Waals surface area (Å²) in [6.45, 7) is 7.78. The summed E-state index contributed by atoms with van der Waals surface area (Å²) in [5.74, 6) is -0.131. The number of rotatable bonds is 3. The van der Waals surface area contributed by atoms with Crippen molar-refractivity contribution < 1.29 is 19.8 Å². The Kier molecular flexibility index (Phi) is 5.02. The van der Waals surface area contributed by atoms with Crippen molar-refractivity contribution in [3.05, 3.63) is 54.1 Å². The van der Waals surface area contributed by atoms with Crippen LogP contribution in [-0.4, -0.2) is 38.5 Å². The number of hydrogen-bond donors (Lipinski definition) is 2. The van der Waals surface area contributed by atoms with E-state index in [0.717, 1.165) is 11.1 Å². The summed E-state index contributed by atoms with van der Waals surface area (Å²) in [4.78, 5) is 12.6. The third-order valence-corrected chi connectivity index (χ3v) is 5.20. The summed E-state index contributed by atoms with van der Waals surface area (Å²) in [5, 5.41) is 21.1. The largest absolute Gasteiger partial charge is 0.508 e. The summed E-state index contributed by atoms with van der Waals surface area (Å²) in [5.41, 5.74) is 1.50. The van der Waals surface area contributed by atoms with Crippen LogP contribution in [-0.2, 0) is 4.74 Å². The van der Waals surface area contributed by atoms with Gasteiger partial charge in [-0.2, -0.15) is 5.06 Å². The van der Waals surface area contributed by atoms with Gasteiger partial charge in [-0.1, -0.05) is 24.3 Å². The molecule has 0 amide bonds. The van der Waals surface area contributed by atoms with Crippen LogP contribution < -0.4 is 0 Å². The molecule has 0 saturated carbocycles. The maximum atomic E-state index is 12.6. The van der Waals surface area contributed by atoms with Gasteiger partial charge in [0, 0.05) is 23.9 Å². The van der Waals surface area contributed by atoms with Crippen LogP contribution >= 0.6 is 0 Å². The molecule has 144 valence electrons. The van der Waals surface area contributed by atoms with E-state index in [-0.39, 0.29) is 17.8 Å². The first-order valence-electron chi connectivity index (χ1n) is 9.18. The Morgan fingerprint density at radius 2 is 1.37 bits per heavy atom. The van der Waals surface area contributed by atoms with Gasteiger partial charge in [0.05, 0.1) is 5.56 Å². The zero-order chi connectivity index (χ0) is 19.8. The Morgan fingerprint density at radius 3 is 1.85 bits per heavy atom. The number of ether oxygens (including phenoxy) is 1. The van der Waals surface area contributed by atoms with E-state index in [4.69, 9.17) is 4.74 Å². The van der Waals surface area contributed by atoms with Crippen LogP contribution in [0.5, 0.6) is 5.75 Å². The van der Waals surface area contributed by atoms with Gasteiger partial charge in [-0.25, -0.2) is 4.79 Å². The second-order valence-electron chi connectivity index (χ2n) is 8.50. The molecule has 1 saturated heterocycles. The number of phenols is 1. The number of benzene rings is 2. The highest BCUT2D eigenvalue weighted by Gasteiger charge is 2.46. The van der Waals surface area contributed by atoms with E-state index in [1.165, 1.54) is 5.06 Å². The van der Waals surface area contributed by atoms with Crippen LogP contribution in [0.3, 0.4) is 0 Å². The Bertz CT molecular complexity index is 791. The Morgan fingerprint density at radius 1 is 0.926 bits per heavy atom. The van der Waals surface area contributed by atoms with E-state index in [1.54, 1.807) is 24.3 Å². The number of phenolic OH excluding ortho intramolecular Hbond substituents is 1. The Hall–Kier alpha value is -2.37. The van der Waals surface area contributed by atoms with E-state index in [0.29, 0.717) is 18.4 Å². The Balaban J connectivity index is 1.70. The van der Waals surface area contributed by atoms with Gasteiger partial charge in [0.2, 0.25) is 0 Å². The van der Waals surface area contributed by atoms with Crippen LogP contribution in [0.4, 0.5) is 0 Å². The van der Waals surface area contributed by atoms with E-state index in [9.17, 15) is 15.1 Å². The lowest BCUT2D eigenvalue weighted by Gasteiger charge is -2.50. The third-order valence-electron chi connectivity index (χ3n) is 5.20. The van der Waals surface area contributed by atoms with Crippen molar-refractivity contribution in [2.24, 2.45) is 0 Å². The minimum atomic E-state index is -0.463. The molecule has 0 bridgehead atoms. The summed E-state index contributed by atoms with van der Waals surface area (Å²) in [7, 11) is 0. The number of nitrogens with zero attached hydrogens (tertiary/aromatic N) is 1. The lowest BCUT2D eigenvalue weighted by molar-refractivity contribution is -0.256. The van der Waals surface area contributed by atoms with Crippen molar-refractivity contribution in [1.82, 2.24) is 5.06 Å². The first kappa shape index (κ1) is 19.4. The number of piperidine rings is 1. The van der Waals surface area contributed by atoms with Gasteiger partial charge in [0.1, 0.15) is 11.9 Å². The molecule has 5 nitrogen and oxygen atoms in total. The number of carbonyl (C=O) groups excluding carboxylic acids is 1. The van der Waals surface area contributed by atoms with Gasteiger partial charge >= 0.3 is 5.97 Å². The van der Waals surface area contributed by atoms with Gasteiger partial charge in [0.25, 0.3) is 0 Å². The summed E-state index contributed by atoms with van der Waals surface area (Å²) < 4.78 is 5.75. The molecule has 2 N–H and O–H groups in total. The predicted octanol–water partition coefficient (Wildman–Crippen LogP) is 4.63. The lowest BCUT2D eigenvalue weighted by Crippen LogP contribution is -2.60. The Labute approximate surface area is 160 Å². The smallest absolute Gasteiger partial charge is 0.338 e. The molecule has 2 aromatic carbocycles. The normalized spacial score (nSPS) is 19.6. The van der Waals surface area contributed by atoms with Crippen molar-refractivity contribution in [3.63, 3.8) is 0 Å².